The number of nitrogens with one attached hydrogen (secondary N) is 1. The molecule has 0 saturated carbocycles. The molecule has 0 aliphatic heterocycles. The SMILES string of the molecule is Cc1nc(NC(=O)OCC(C)C(C)C)cs1. The zero-order chi connectivity index (χ0) is 12.1. The van der Waals surface area contributed by atoms with Crippen LogP contribution in [0.2, 0.25) is 0 Å². The lowest BCUT2D eigenvalue weighted by Gasteiger charge is -2.15. The zero-order valence-electron chi connectivity index (χ0n) is 10.1. The van der Waals surface area contributed by atoms with Crippen molar-refractivity contribution in [2.24, 2.45) is 11.8 Å². The molecule has 0 aromatic carbocycles. The molecule has 0 aliphatic carbocycles. The Bertz CT molecular complexity index is 350. The monoisotopic (exact) mass is 242 g/mol. The number of rotatable bonds is 4. The topological polar surface area (TPSA) is 51.2 Å². The molecule has 0 aliphatic rings. The van der Waals surface area contributed by atoms with Gasteiger partial charge in [0.25, 0.3) is 0 Å². The highest BCUT2D eigenvalue weighted by Gasteiger charge is 2.11. The van der Waals surface area contributed by atoms with Crippen LogP contribution in [0, 0.1) is 18.8 Å². The number of nitrogens with zero attached hydrogens (tertiary/aromatic N) is 1. The summed E-state index contributed by atoms with van der Waals surface area (Å²) >= 11 is 1.49. The van der Waals surface area contributed by atoms with E-state index < -0.39 is 6.09 Å². The molecule has 0 radical (unpaired) electrons. The van der Waals surface area contributed by atoms with Crippen molar-refractivity contribution < 1.29 is 9.53 Å². The summed E-state index contributed by atoms with van der Waals surface area (Å²) in [5, 5.41) is 5.31. The minimum Gasteiger partial charge on any atom is -0.449 e. The van der Waals surface area contributed by atoms with Crippen molar-refractivity contribution in [2.45, 2.75) is 27.7 Å². The lowest BCUT2D eigenvalue weighted by atomic mass is 10.00. The van der Waals surface area contributed by atoms with Crippen LogP contribution in [0.4, 0.5) is 10.6 Å². The molecule has 1 amide bonds. The summed E-state index contributed by atoms with van der Waals surface area (Å²) in [6.07, 6.45) is -0.433. The Morgan fingerprint density at radius 1 is 1.56 bits per heavy atom. The van der Waals surface area contributed by atoms with Crippen LogP contribution in [0.15, 0.2) is 5.38 Å². The van der Waals surface area contributed by atoms with Crippen molar-refractivity contribution >= 4 is 23.2 Å². The first-order chi connectivity index (χ1) is 7.49. The minimum absolute atomic E-state index is 0.364. The summed E-state index contributed by atoms with van der Waals surface area (Å²) in [4.78, 5) is 15.5. The van der Waals surface area contributed by atoms with Crippen molar-refractivity contribution in [3.8, 4) is 0 Å². The van der Waals surface area contributed by atoms with Crippen LogP contribution in [-0.4, -0.2) is 17.7 Å². The van der Waals surface area contributed by atoms with Gasteiger partial charge in [-0.1, -0.05) is 20.8 Å². The highest BCUT2D eigenvalue weighted by Crippen LogP contribution is 2.13. The quantitative estimate of drug-likeness (QED) is 0.881. The normalized spacial score (nSPS) is 12.6. The summed E-state index contributed by atoms with van der Waals surface area (Å²) in [6, 6.07) is 0. The molecule has 0 fully saturated rings. The number of hydrogen-bond donors (Lipinski definition) is 1. The summed E-state index contributed by atoms with van der Waals surface area (Å²) in [7, 11) is 0. The van der Waals surface area contributed by atoms with Gasteiger partial charge in [-0.15, -0.1) is 11.3 Å². The number of carbonyl (C=O) groups is 1. The third kappa shape index (κ3) is 4.18. The van der Waals surface area contributed by atoms with Gasteiger partial charge in [-0.2, -0.15) is 0 Å². The molecule has 1 heterocycles. The van der Waals surface area contributed by atoms with Crippen molar-refractivity contribution in [3.63, 3.8) is 0 Å². The van der Waals surface area contributed by atoms with Crippen molar-refractivity contribution in [3.05, 3.63) is 10.4 Å². The standard InChI is InChI=1S/C11H18N2O2S/c1-7(2)8(3)5-15-11(14)13-10-6-16-9(4)12-10/h6-8H,5H2,1-4H3,(H,13,14). The Morgan fingerprint density at radius 2 is 2.25 bits per heavy atom. The number of carbonyl (C=O) groups excluding carboxylic acids is 1. The molecule has 90 valence electrons. The van der Waals surface area contributed by atoms with Crippen molar-refractivity contribution in [1.29, 1.82) is 0 Å². The first-order valence-corrected chi connectivity index (χ1v) is 6.23. The van der Waals surface area contributed by atoms with Gasteiger partial charge < -0.3 is 4.74 Å². The predicted molar refractivity (Wildman–Crippen MR) is 65.8 cm³/mol. The summed E-state index contributed by atoms with van der Waals surface area (Å²) in [6.45, 7) is 8.60. The molecular weight excluding hydrogens is 224 g/mol. The number of ether oxygens (including phenoxy) is 1. The molecule has 1 unspecified atom stereocenters. The predicted octanol–water partition coefficient (Wildman–Crippen LogP) is 3.29. The third-order valence-corrected chi connectivity index (χ3v) is 3.24. The molecule has 0 bridgehead atoms. The Hall–Kier alpha value is -1.10. The largest absolute Gasteiger partial charge is 0.449 e. The van der Waals surface area contributed by atoms with Gasteiger partial charge in [-0.3, -0.25) is 5.32 Å². The van der Waals surface area contributed by atoms with E-state index in [1.807, 2.05) is 6.92 Å². The Labute approximate surface area is 100 Å². The lowest BCUT2D eigenvalue weighted by Crippen LogP contribution is -2.20. The Morgan fingerprint density at radius 3 is 2.75 bits per heavy atom. The van der Waals surface area contributed by atoms with Crippen LogP contribution in [0.1, 0.15) is 25.8 Å². The first-order valence-electron chi connectivity index (χ1n) is 5.35. The van der Waals surface area contributed by atoms with Crippen LogP contribution in [-0.2, 0) is 4.74 Å². The Kier molecular flexibility index (Phi) is 4.73. The van der Waals surface area contributed by atoms with E-state index in [0.717, 1.165) is 5.01 Å². The van der Waals surface area contributed by atoms with E-state index in [9.17, 15) is 4.79 Å². The van der Waals surface area contributed by atoms with Crippen LogP contribution >= 0.6 is 11.3 Å². The lowest BCUT2D eigenvalue weighted by molar-refractivity contribution is 0.133. The number of aryl methyl sites for hydroxylation is 1. The van der Waals surface area contributed by atoms with Crippen LogP contribution in [0.25, 0.3) is 0 Å². The van der Waals surface area contributed by atoms with Gasteiger partial charge >= 0.3 is 6.09 Å². The van der Waals surface area contributed by atoms with Crippen LogP contribution in [0.3, 0.4) is 0 Å². The molecular formula is C11H18N2O2S. The van der Waals surface area contributed by atoms with E-state index in [0.29, 0.717) is 24.3 Å². The fourth-order valence-electron chi connectivity index (χ4n) is 0.961. The van der Waals surface area contributed by atoms with Crippen molar-refractivity contribution in [1.82, 2.24) is 4.98 Å². The summed E-state index contributed by atoms with van der Waals surface area (Å²) in [5.74, 6) is 1.43. The molecule has 1 aromatic rings. The first kappa shape index (κ1) is 13.0. The maximum Gasteiger partial charge on any atom is 0.412 e. The average Bonchev–Trinajstić information content (AvgIpc) is 2.60. The minimum atomic E-state index is -0.433. The zero-order valence-corrected chi connectivity index (χ0v) is 10.9. The number of amides is 1. The van der Waals surface area contributed by atoms with E-state index in [4.69, 9.17) is 4.74 Å². The maximum atomic E-state index is 11.4. The fourth-order valence-corrected chi connectivity index (χ4v) is 1.51. The summed E-state index contributed by atoms with van der Waals surface area (Å²) in [5.41, 5.74) is 0. The molecule has 0 spiro atoms. The van der Waals surface area contributed by atoms with Gasteiger partial charge in [0.2, 0.25) is 0 Å². The average molecular weight is 242 g/mol. The molecule has 1 N–H and O–H groups in total. The second kappa shape index (κ2) is 5.84. The molecule has 1 aromatic heterocycles. The van der Waals surface area contributed by atoms with Crippen LogP contribution < -0.4 is 5.32 Å². The summed E-state index contributed by atoms with van der Waals surface area (Å²) < 4.78 is 5.09. The van der Waals surface area contributed by atoms with Gasteiger partial charge in [0.15, 0.2) is 0 Å². The van der Waals surface area contributed by atoms with Crippen LogP contribution in [0.5, 0.6) is 0 Å². The fraction of sp³-hybridized carbons (Fsp3) is 0.636. The van der Waals surface area contributed by atoms with E-state index in [1.54, 1.807) is 5.38 Å². The molecule has 0 saturated heterocycles. The molecule has 4 nitrogen and oxygen atoms in total. The highest BCUT2D eigenvalue weighted by atomic mass is 32.1. The maximum absolute atomic E-state index is 11.4. The van der Waals surface area contributed by atoms with Gasteiger partial charge in [0, 0.05) is 5.38 Å². The van der Waals surface area contributed by atoms with E-state index >= 15 is 0 Å². The molecule has 5 heteroatoms. The second-order valence-electron chi connectivity index (χ2n) is 4.20. The number of thiazole rings is 1. The molecule has 1 atom stereocenters. The third-order valence-electron chi connectivity index (χ3n) is 2.46. The van der Waals surface area contributed by atoms with E-state index in [1.165, 1.54) is 11.3 Å². The number of aromatic nitrogens is 1. The van der Waals surface area contributed by atoms with Gasteiger partial charge in [0.05, 0.1) is 11.6 Å². The second-order valence-corrected chi connectivity index (χ2v) is 5.26. The van der Waals surface area contributed by atoms with Crippen molar-refractivity contribution in [2.75, 3.05) is 11.9 Å². The van der Waals surface area contributed by atoms with Gasteiger partial charge in [-0.05, 0) is 18.8 Å². The number of anilines is 1. The smallest absolute Gasteiger partial charge is 0.412 e. The van der Waals surface area contributed by atoms with E-state index in [-0.39, 0.29) is 0 Å². The molecule has 16 heavy (non-hydrogen) atoms. The van der Waals surface area contributed by atoms with Gasteiger partial charge in [-0.25, -0.2) is 9.78 Å². The molecule has 1 rings (SSSR count). The highest BCUT2D eigenvalue weighted by molar-refractivity contribution is 7.09. The van der Waals surface area contributed by atoms with Gasteiger partial charge in [0.1, 0.15) is 5.82 Å². The van der Waals surface area contributed by atoms with E-state index in [2.05, 4.69) is 31.1 Å². The number of hydrogen-bond acceptors (Lipinski definition) is 4. The Balaban J connectivity index is 2.31.